The van der Waals surface area contributed by atoms with Crippen molar-refractivity contribution in [3.63, 3.8) is 0 Å². The lowest BCUT2D eigenvalue weighted by molar-refractivity contribution is -0.949. The quantitative estimate of drug-likeness (QED) is 0.482. The van der Waals surface area contributed by atoms with Gasteiger partial charge in [-0.25, -0.2) is 0 Å². The van der Waals surface area contributed by atoms with Crippen LogP contribution >= 0.6 is 0 Å². The van der Waals surface area contributed by atoms with Gasteiger partial charge in [0.2, 0.25) is 5.91 Å². The zero-order valence-electron chi connectivity index (χ0n) is 11.7. The molecule has 1 aromatic rings. The van der Waals surface area contributed by atoms with E-state index in [0.29, 0.717) is 4.48 Å². The second-order valence-corrected chi connectivity index (χ2v) is 5.13. The number of nitrogens with zero attached hydrogens (tertiary/aromatic N) is 1. The van der Waals surface area contributed by atoms with Crippen LogP contribution in [-0.2, 0) is 10.5 Å². The Hall–Kier alpha value is -1.61. The van der Waals surface area contributed by atoms with Crippen LogP contribution in [0.1, 0.15) is 19.4 Å². The van der Waals surface area contributed by atoms with E-state index < -0.39 is 5.66 Å². The van der Waals surface area contributed by atoms with Gasteiger partial charge in [-0.3, -0.25) is 10.1 Å². The molecule has 3 nitrogen and oxygen atoms in total. The summed E-state index contributed by atoms with van der Waals surface area (Å²) in [5.41, 5.74) is 0.619. The van der Waals surface area contributed by atoms with Gasteiger partial charge in [-0.1, -0.05) is 36.9 Å². The maximum absolute atomic E-state index is 11.7. The van der Waals surface area contributed by atoms with Crippen LogP contribution in [0.5, 0.6) is 0 Å². The van der Waals surface area contributed by atoms with Gasteiger partial charge < -0.3 is 4.48 Å². The minimum Gasteiger partial charge on any atom is -0.303 e. The fraction of sp³-hybridized carbons (Fsp3) is 0.400. The number of carbonyl (C=O) groups is 1. The van der Waals surface area contributed by atoms with Crippen molar-refractivity contribution in [2.45, 2.75) is 19.5 Å². The molecule has 1 N–H and O–H groups in total. The lowest BCUT2D eigenvalue weighted by atomic mass is 9.97. The zero-order valence-corrected chi connectivity index (χ0v) is 11.7. The molecule has 1 unspecified atom stereocenters. The van der Waals surface area contributed by atoms with Gasteiger partial charge in [0.1, 0.15) is 0 Å². The highest BCUT2D eigenvalue weighted by Crippen LogP contribution is 2.29. The van der Waals surface area contributed by atoms with Crippen molar-refractivity contribution in [3.05, 3.63) is 48.6 Å². The van der Waals surface area contributed by atoms with Gasteiger partial charge in [0.05, 0.1) is 20.6 Å². The Bertz CT molecular complexity index is 425. The van der Waals surface area contributed by atoms with Crippen LogP contribution in [-0.4, -0.2) is 31.0 Å². The SMILES string of the molecule is C=CC(=O)NC(C)(c1ccccc1)[N+](C)(C)CC. The number of hydrogen-bond acceptors (Lipinski definition) is 1. The number of carbonyl (C=O) groups excluding carboxylic acids is 1. The molecule has 0 saturated carbocycles. The third-order valence-corrected chi connectivity index (χ3v) is 3.89. The summed E-state index contributed by atoms with van der Waals surface area (Å²) in [4.78, 5) is 11.7. The summed E-state index contributed by atoms with van der Waals surface area (Å²) in [5.74, 6) is -0.152. The van der Waals surface area contributed by atoms with Gasteiger partial charge in [0.25, 0.3) is 0 Å². The van der Waals surface area contributed by atoms with Gasteiger partial charge in [0, 0.05) is 12.5 Å². The van der Waals surface area contributed by atoms with E-state index in [9.17, 15) is 4.79 Å². The highest BCUT2D eigenvalue weighted by molar-refractivity contribution is 5.87. The van der Waals surface area contributed by atoms with Crippen LogP contribution in [0.15, 0.2) is 43.0 Å². The summed E-state index contributed by atoms with van der Waals surface area (Å²) in [6.45, 7) is 8.59. The van der Waals surface area contributed by atoms with Gasteiger partial charge >= 0.3 is 0 Å². The van der Waals surface area contributed by atoms with E-state index in [0.717, 1.165) is 12.1 Å². The van der Waals surface area contributed by atoms with Gasteiger partial charge in [-0.2, -0.15) is 0 Å². The van der Waals surface area contributed by atoms with Crippen LogP contribution in [0, 0.1) is 0 Å². The molecule has 0 aliphatic rings. The number of quaternary nitrogens is 1. The standard InChI is InChI=1S/C15H22N2O/c1-6-14(18)16-15(3,17(4,5)7-2)13-11-9-8-10-12-13/h6,8-12H,1,7H2,2-5H3/p+1. The third kappa shape index (κ3) is 2.62. The van der Waals surface area contributed by atoms with E-state index in [1.54, 1.807) is 0 Å². The fourth-order valence-electron chi connectivity index (χ4n) is 1.94. The highest BCUT2D eigenvalue weighted by Gasteiger charge is 2.42. The molecule has 1 amide bonds. The van der Waals surface area contributed by atoms with Crippen LogP contribution in [0.25, 0.3) is 0 Å². The van der Waals surface area contributed by atoms with E-state index in [-0.39, 0.29) is 5.91 Å². The molecule has 0 heterocycles. The molecule has 1 rings (SSSR count). The van der Waals surface area contributed by atoms with E-state index in [2.05, 4.69) is 32.9 Å². The molecule has 0 aliphatic heterocycles. The Balaban J connectivity index is 3.26. The molecule has 0 bridgehead atoms. The monoisotopic (exact) mass is 247 g/mol. The summed E-state index contributed by atoms with van der Waals surface area (Å²) in [5, 5.41) is 3.07. The number of benzene rings is 1. The summed E-state index contributed by atoms with van der Waals surface area (Å²) in [6.07, 6.45) is 1.32. The van der Waals surface area contributed by atoms with Crippen molar-refractivity contribution in [2.24, 2.45) is 0 Å². The molecule has 98 valence electrons. The summed E-state index contributed by atoms with van der Waals surface area (Å²) in [7, 11) is 4.22. The molecule has 18 heavy (non-hydrogen) atoms. The zero-order chi connectivity index (χ0) is 13.8. The molecular formula is C15H23N2O+. The van der Waals surface area contributed by atoms with Gasteiger partial charge in [-0.15, -0.1) is 0 Å². The van der Waals surface area contributed by atoms with Gasteiger partial charge in [-0.05, 0) is 13.0 Å². The van der Waals surface area contributed by atoms with E-state index in [4.69, 9.17) is 0 Å². The maximum Gasteiger partial charge on any atom is 0.248 e. The fourth-order valence-corrected chi connectivity index (χ4v) is 1.94. The first-order valence-corrected chi connectivity index (χ1v) is 6.20. The minimum atomic E-state index is -0.471. The molecule has 0 fully saturated rings. The van der Waals surface area contributed by atoms with Crippen LogP contribution in [0.2, 0.25) is 0 Å². The van der Waals surface area contributed by atoms with Crippen LogP contribution in [0.3, 0.4) is 0 Å². The first-order chi connectivity index (χ1) is 8.37. The predicted molar refractivity (Wildman–Crippen MR) is 74.8 cm³/mol. The number of amides is 1. The topological polar surface area (TPSA) is 29.1 Å². The number of rotatable bonds is 5. The second-order valence-electron chi connectivity index (χ2n) is 5.13. The molecular weight excluding hydrogens is 224 g/mol. The number of hydrogen-bond donors (Lipinski definition) is 1. The largest absolute Gasteiger partial charge is 0.303 e. The molecule has 0 spiro atoms. The maximum atomic E-state index is 11.7. The smallest absolute Gasteiger partial charge is 0.248 e. The Morgan fingerprint density at radius 3 is 2.39 bits per heavy atom. The van der Waals surface area contributed by atoms with E-state index in [1.165, 1.54) is 6.08 Å². The third-order valence-electron chi connectivity index (χ3n) is 3.89. The lowest BCUT2D eigenvalue weighted by Gasteiger charge is -2.46. The minimum absolute atomic E-state index is 0.152. The van der Waals surface area contributed by atoms with Crippen molar-refractivity contribution in [1.29, 1.82) is 0 Å². The van der Waals surface area contributed by atoms with E-state index >= 15 is 0 Å². The molecule has 0 aliphatic carbocycles. The second kappa shape index (κ2) is 5.36. The van der Waals surface area contributed by atoms with Crippen LogP contribution in [0.4, 0.5) is 0 Å². The summed E-state index contributed by atoms with van der Waals surface area (Å²) < 4.78 is 0.663. The average molecular weight is 247 g/mol. The van der Waals surface area contributed by atoms with Crippen molar-refractivity contribution in [1.82, 2.24) is 5.32 Å². The average Bonchev–Trinajstić information content (AvgIpc) is 2.39. The Kier molecular flexibility index (Phi) is 4.30. The Morgan fingerprint density at radius 2 is 1.94 bits per heavy atom. The lowest BCUT2D eigenvalue weighted by Crippen LogP contribution is -2.64. The molecule has 0 radical (unpaired) electrons. The molecule has 1 atom stereocenters. The Morgan fingerprint density at radius 1 is 1.39 bits per heavy atom. The molecule has 1 aromatic carbocycles. The first-order valence-electron chi connectivity index (χ1n) is 6.20. The van der Waals surface area contributed by atoms with E-state index in [1.807, 2.05) is 37.3 Å². The number of nitrogens with one attached hydrogen (secondary N) is 1. The van der Waals surface area contributed by atoms with Gasteiger partial charge in [0.15, 0.2) is 5.66 Å². The predicted octanol–water partition coefficient (Wildman–Crippen LogP) is 2.26. The normalized spacial score (nSPS) is 14.7. The molecule has 0 saturated heterocycles. The van der Waals surface area contributed by atoms with Crippen LogP contribution < -0.4 is 5.32 Å². The van der Waals surface area contributed by atoms with Crippen molar-refractivity contribution in [2.75, 3.05) is 20.6 Å². The summed E-state index contributed by atoms with van der Waals surface area (Å²) in [6, 6.07) is 10.0. The highest BCUT2D eigenvalue weighted by atomic mass is 16.1. The molecule has 0 aromatic heterocycles. The van der Waals surface area contributed by atoms with Crippen molar-refractivity contribution in [3.8, 4) is 0 Å². The summed E-state index contributed by atoms with van der Waals surface area (Å²) >= 11 is 0. The van der Waals surface area contributed by atoms with Crippen molar-refractivity contribution < 1.29 is 9.28 Å². The Labute approximate surface area is 110 Å². The first kappa shape index (κ1) is 14.5. The molecule has 3 heteroatoms. The van der Waals surface area contributed by atoms with Crippen molar-refractivity contribution >= 4 is 5.91 Å².